The first-order chi connectivity index (χ1) is 6.16. The number of hydrogen-bond acceptors (Lipinski definition) is 2. The quantitative estimate of drug-likeness (QED) is 0.700. The van der Waals surface area contributed by atoms with E-state index in [4.69, 9.17) is 28.9 Å². The second-order valence-corrected chi connectivity index (χ2v) is 4.05. The van der Waals surface area contributed by atoms with Crippen LogP contribution in [0.4, 0.5) is 5.69 Å². The molecular formula is C9H10Cl2N2. The fourth-order valence-electron chi connectivity index (χ4n) is 1.55. The number of benzene rings is 1. The summed E-state index contributed by atoms with van der Waals surface area (Å²) in [5, 5.41) is 4.47. The van der Waals surface area contributed by atoms with Crippen molar-refractivity contribution in [2.75, 3.05) is 5.32 Å². The maximum absolute atomic E-state index is 6.01. The molecule has 1 aliphatic heterocycles. The first-order valence-corrected chi connectivity index (χ1v) is 4.92. The average Bonchev–Trinajstić information content (AvgIpc) is 2.06. The van der Waals surface area contributed by atoms with Gasteiger partial charge in [-0.3, -0.25) is 0 Å². The van der Waals surface area contributed by atoms with E-state index in [-0.39, 0.29) is 6.17 Å². The summed E-state index contributed by atoms with van der Waals surface area (Å²) >= 11 is 11.9. The zero-order valence-corrected chi connectivity index (χ0v) is 8.49. The number of nitrogens with two attached hydrogens (primary N) is 1. The summed E-state index contributed by atoms with van der Waals surface area (Å²) in [7, 11) is 0. The van der Waals surface area contributed by atoms with Crippen LogP contribution in [0.2, 0.25) is 10.0 Å². The average molecular weight is 217 g/mol. The summed E-state index contributed by atoms with van der Waals surface area (Å²) in [5.41, 5.74) is 7.84. The molecule has 0 amide bonds. The van der Waals surface area contributed by atoms with E-state index in [2.05, 4.69) is 5.32 Å². The van der Waals surface area contributed by atoms with E-state index in [1.807, 2.05) is 6.07 Å². The lowest BCUT2D eigenvalue weighted by Crippen LogP contribution is -2.33. The summed E-state index contributed by atoms with van der Waals surface area (Å²) in [5.74, 6) is 0. The van der Waals surface area contributed by atoms with Crippen LogP contribution in [0.5, 0.6) is 0 Å². The molecule has 4 heteroatoms. The second kappa shape index (κ2) is 3.37. The summed E-state index contributed by atoms with van der Waals surface area (Å²) in [4.78, 5) is 0. The van der Waals surface area contributed by atoms with E-state index in [1.54, 1.807) is 6.07 Å². The maximum Gasteiger partial charge on any atom is 0.0746 e. The van der Waals surface area contributed by atoms with Crippen molar-refractivity contribution in [3.63, 3.8) is 0 Å². The van der Waals surface area contributed by atoms with Gasteiger partial charge in [0.05, 0.1) is 16.9 Å². The van der Waals surface area contributed by atoms with Crippen LogP contribution in [0, 0.1) is 0 Å². The molecule has 1 aromatic rings. The Morgan fingerprint density at radius 1 is 1.38 bits per heavy atom. The Hall–Kier alpha value is -0.440. The van der Waals surface area contributed by atoms with Crippen LogP contribution in [0.3, 0.4) is 0 Å². The lowest BCUT2D eigenvalue weighted by Gasteiger charge is -2.24. The molecule has 0 bridgehead atoms. The van der Waals surface area contributed by atoms with Gasteiger partial charge in [0.25, 0.3) is 0 Å². The minimum atomic E-state index is 0.00572. The van der Waals surface area contributed by atoms with Crippen LogP contribution < -0.4 is 11.1 Å². The summed E-state index contributed by atoms with van der Waals surface area (Å²) in [6.07, 6.45) is 1.86. The molecule has 0 saturated heterocycles. The van der Waals surface area contributed by atoms with Crippen molar-refractivity contribution in [3.8, 4) is 0 Å². The van der Waals surface area contributed by atoms with E-state index in [0.29, 0.717) is 10.0 Å². The van der Waals surface area contributed by atoms with E-state index in [1.165, 1.54) is 0 Å². The Kier molecular flexibility index (Phi) is 2.37. The lowest BCUT2D eigenvalue weighted by atomic mass is 10.0. The monoisotopic (exact) mass is 216 g/mol. The van der Waals surface area contributed by atoms with Gasteiger partial charge in [-0.1, -0.05) is 23.2 Å². The first kappa shape index (κ1) is 9.13. The van der Waals surface area contributed by atoms with Gasteiger partial charge in [-0.25, -0.2) is 0 Å². The lowest BCUT2D eigenvalue weighted by molar-refractivity contribution is 0.656. The zero-order valence-electron chi connectivity index (χ0n) is 6.98. The van der Waals surface area contributed by atoms with E-state index < -0.39 is 0 Å². The van der Waals surface area contributed by atoms with Gasteiger partial charge in [0, 0.05) is 5.02 Å². The third-order valence-corrected chi connectivity index (χ3v) is 2.71. The molecule has 13 heavy (non-hydrogen) atoms. The molecule has 0 spiro atoms. The van der Waals surface area contributed by atoms with Gasteiger partial charge >= 0.3 is 0 Å². The topological polar surface area (TPSA) is 38.0 Å². The van der Waals surface area contributed by atoms with Gasteiger partial charge in [0.2, 0.25) is 0 Å². The second-order valence-electron chi connectivity index (χ2n) is 3.21. The number of hydrogen-bond donors (Lipinski definition) is 2. The van der Waals surface area contributed by atoms with Crippen LogP contribution in [0.15, 0.2) is 12.1 Å². The van der Waals surface area contributed by atoms with Crippen molar-refractivity contribution in [1.82, 2.24) is 0 Å². The smallest absolute Gasteiger partial charge is 0.0746 e. The Labute approximate surface area is 87.0 Å². The summed E-state index contributed by atoms with van der Waals surface area (Å²) in [6.45, 7) is 0. The number of nitrogens with one attached hydrogen (secondary N) is 1. The molecule has 1 aliphatic rings. The first-order valence-electron chi connectivity index (χ1n) is 4.17. The molecule has 0 saturated carbocycles. The van der Waals surface area contributed by atoms with E-state index in [9.17, 15) is 0 Å². The number of fused-ring (bicyclic) bond motifs is 1. The van der Waals surface area contributed by atoms with Crippen LogP contribution in [-0.4, -0.2) is 6.17 Å². The predicted molar refractivity (Wildman–Crippen MR) is 56.4 cm³/mol. The van der Waals surface area contributed by atoms with Crippen LogP contribution in [0.1, 0.15) is 12.0 Å². The minimum Gasteiger partial charge on any atom is -0.369 e. The zero-order chi connectivity index (χ0) is 9.42. The molecule has 1 aromatic carbocycles. The number of halogens is 2. The van der Waals surface area contributed by atoms with Crippen molar-refractivity contribution in [2.45, 2.75) is 19.0 Å². The number of rotatable bonds is 0. The van der Waals surface area contributed by atoms with E-state index >= 15 is 0 Å². The Balaban J connectivity index is 2.47. The van der Waals surface area contributed by atoms with Crippen LogP contribution >= 0.6 is 23.2 Å². The predicted octanol–water partition coefficient (Wildman–Crippen LogP) is 2.64. The molecule has 3 N–H and O–H groups in total. The van der Waals surface area contributed by atoms with E-state index in [0.717, 1.165) is 24.1 Å². The highest BCUT2D eigenvalue weighted by molar-refractivity contribution is 6.36. The molecule has 2 nitrogen and oxygen atoms in total. The molecule has 2 rings (SSSR count). The Bertz CT molecular complexity index is 339. The molecule has 1 atom stereocenters. The van der Waals surface area contributed by atoms with Crippen molar-refractivity contribution in [3.05, 3.63) is 27.7 Å². The molecule has 1 heterocycles. The molecule has 1 unspecified atom stereocenters. The summed E-state index contributed by atoms with van der Waals surface area (Å²) in [6, 6.07) is 3.66. The molecule has 70 valence electrons. The molecule has 0 fully saturated rings. The fourth-order valence-corrected chi connectivity index (χ4v) is 2.14. The highest BCUT2D eigenvalue weighted by Gasteiger charge is 2.17. The third kappa shape index (κ3) is 1.75. The SMILES string of the molecule is NC1CCc2cc(Cl)cc(Cl)c2N1. The number of anilines is 1. The van der Waals surface area contributed by atoms with Crippen molar-refractivity contribution in [1.29, 1.82) is 0 Å². The molecular weight excluding hydrogens is 207 g/mol. The molecule has 0 radical (unpaired) electrons. The van der Waals surface area contributed by atoms with Gasteiger partial charge < -0.3 is 11.1 Å². The van der Waals surface area contributed by atoms with Gasteiger partial charge in [-0.2, -0.15) is 0 Å². The van der Waals surface area contributed by atoms with Crippen molar-refractivity contribution >= 4 is 28.9 Å². The highest BCUT2D eigenvalue weighted by atomic mass is 35.5. The maximum atomic E-state index is 6.01. The fraction of sp³-hybridized carbons (Fsp3) is 0.333. The molecule has 0 aromatic heterocycles. The minimum absolute atomic E-state index is 0.00572. The van der Waals surface area contributed by atoms with Gasteiger partial charge in [0.1, 0.15) is 0 Å². The van der Waals surface area contributed by atoms with Crippen LogP contribution in [0.25, 0.3) is 0 Å². The van der Waals surface area contributed by atoms with Crippen molar-refractivity contribution in [2.24, 2.45) is 5.73 Å². The normalized spacial score (nSPS) is 20.7. The van der Waals surface area contributed by atoms with Gasteiger partial charge in [-0.05, 0) is 30.5 Å². The van der Waals surface area contributed by atoms with Crippen molar-refractivity contribution < 1.29 is 0 Å². The van der Waals surface area contributed by atoms with Gasteiger partial charge in [-0.15, -0.1) is 0 Å². The van der Waals surface area contributed by atoms with Crippen LogP contribution in [-0.2, 0) is 6.42 Å². The van der Waals surface area contributed by atoms with Gasteiger partial charge in [0.15, 0.2) is 0 Å². The Morgan fingerprint density at radius 3 is 2.92 bits per heavy atom. The standard InChI is InChI=1S/C9H10Cl2N2/c10-6-3-5-1-2-8(12)13-9(5)7(11)4-6/h3-4,8,13H,1-2,12H2. The highest BCUT2D eigenvalue weighted by Crippen LogP contribution is 2.33. The Morgan fingerprint density at radius 2 is 2.15 bits per heavy atom. The number of aryl methyl sites for hydroxylation is 1. The third-order valence-electron chi connectivity index (χ3n) is 2.19. The molecule has 0 aliphatic carbocycles. The largest absolute Gasteiger partial charge is 0.369 e. The summed E-state index contributed by atoms with van der Waals surface area (Å²) < 4.78 is 0.